The normalized spacial score (nSPS) is 19.4. The summed E-state index contributed by atoms with van der Waals surface area (Å²) < 4.78 is 39.0. The van der Waals surface area contributed by atoms with Crippen LogP contribution in [-0.4, -0.2) is 57.1 Å². The topological polar surface area (TPSA) is 92.3 Å². The zero-order valence-electron chi connectivity index (χ0n) is 19.5. The Hall–Kier alpha value is -2.33. The first kappa shape index (κ1) is 24.8. The molecule has 0 aliphatic carbocycles. The summed E-state index contributed by atoms with van der Waals surface area (Å²) in [5.41, 5.74) is 2.83. The van der Waals surface area contributed by atoms with Gasteiger partial charge >= 0.3 is 0 Å². The maximum Gasteiger partial charge on any atom is 0.243 e. The highest BCUT2D eigenvalue weighted by molar-refractivity contribution is 7.89. The number of aliphatic imine (C=N–C) groups is 1. The van der Waals surface area contributed by atoms with Crippen LogP contribution in [0.1, 0.15) is 29.5 Å². The van der Waals surface area contributed by atoms with Crippen LogP contribution in [0, 0.1) is 13.8 Å². The highest BCUT2D eigenvalue weighted by atomic mass is 35.5. The van der Waals surface area contributed by atoms with Crippen LogP contribution in [0.5, 0.6) is 11.5 Å². The van der Waals surface area contributed by atoms with Crippen molar-refractivity contribution < 1.29 is 17.9 Å². The Kier molecular flexibility index (Phi) is 7.09. The number of nitrogens with zero attached hydrogens (tertiary/aromatic N) is 2. The van der Waals surface area contributed by atoms with Crippen LogP contribution in [-0.2, 0) is 16.6 Å². The molecule has 0 saturated carbocycles. The third-order valence-corrected chi connectivity index (χ3v) is 8.78. The minimum atomic E-state index is -3.52. The van der Waals surface area contributed by atoms with Crippen molar-refractivity contribution in [3.05, 3.63) is 53.1 Å². The van der Waals surface area contributed by atoms with Gasteiger partial charge in [0.25, 0.3) is 0 Å². The van der Waals surface area contributed by atoms with Gasteiger partial charge in [0.1, 0.15) is 5.84 Å². The number of hydrogen-bond acceptors (Lipinski definition) is 7. The van der Waals surface area contributed by atoms with Crippen LogP contribution < -0.4 is 20.1 Å². The van der Waals surface area contributed by atoms with Gasteiger partial charge in [-0.2, -0.15) is 4.31 Å². The van der Waals surface area contributed by atoms with Crippen LogP contribution in [0.3, 0.4) is 0 Å². The molecule has 184 valence electrons. The first-order valence-electron chi connectivity index (χ1n) is 11.4. The van der Waals surface area contributed by atoms with Crippen molar-refractivity contribution in [1.29, 1.82) is 0 Å². The molecule has 34 heavy (non-hydrogen) atoms. The van der Waals surface area contributed by atoms with E-state index in [4.69, 9.17) is 14.5 Å². The highest BCUT2D eigenvalue weighted by Gasteiger charge is 2.43. The summed E-state index contributed by atoms with van der Waals surface area (Å²) in [6.45, 7) is 7.20. The third kappa shape index (κ3) is 4.62. The molecule has 0 radical (unpaired) electrons. The molecule has 1 spiro atoms. The number of nitrogens with one attached hydrogen (secondary N) is 2. The Labute approximate surface area is 207 Å². The average Bonchev–Trinajstić information content (AvgIpc) is 3.28. The molecule has 3 heterocycles. The monoisotopic (exact) mass is 506 g/mol. The molecule has 2 aromatic rings. The van der Waals surface area contributed by atoms with Gasteiger partial charge < -0.3 is 20.1 Å². The molecule has 0 unspecified atom stereocenters. The van der Waals surface area contributed by atoms with Crippen molar-refractivity contribution >= 4 is 28.3 Å². The molecule has 3 aliphatic rings. The van der Waals surface area contributed by atoms with Crippen molar-refractivity contribution in [3.8, 4) is 11.5 Å². The Morgan fingerprint density at radius 1 is 1.06 bits per heavy atom. The molecule has 0 bridgehead atoms. The molecule has 0 aromatic heterocycles. The molecular formula is C24H31ClN4O4S. The predicted molar refractivity (Wildman–Crippen MR) is 134 cm³/mol. The standard InChI is InChI=1S/C24H30N4O4S.ClH/c1-17-3-5-20(13-18(17)2)33(29,30)28-11-7-24(8-12-28)23(25-9-10-27-24)26-15-19-4-6-21-22(14-19)32-16-31-21;/h3-6,13-14,27H,7-12,15-16H2,1-2H3,(H,25,26);1H. The molecule has 3 aliphatic heterocycles. The van der Waals surface area contributed by atoms with Crippen LogP contribution in [0.15, 0.2) is 46.3 Å². The van der Waals surface area contributed by atoms with Crippen molar-refractivity contribution in [2.45, 2.75) is 43.7 Å². The molecule has 8 nitrogen and oxygen atoms in total. The zero-order chi connectivity index (χ0) is 23.1. The minimum Gasteiger partial charge on any atom is -0.454 e. The zero-order valence-corrected chi connectivity index (χ0v) is 21.1. The Balaban J connectivity index is 0.00000274. The van der Waals surface area contributed by atoms with Gasteiger partial charge in [0.05, 0.1) is 17.0 Å². The van der Waals surface area contributed by atoms with Gasteiger partial charge in [-0.15, -0.1) is 12.4 Å². The fraction of sp³-hybridized carbons (Fsp3) is 0.458. The first-order valence-corrected chi connectivity index (χ1v) is 12.8. The van der Waals surface area contributed by atoms with E-state index in [1.165, 1.54) is 0 Å². The smallest absolute Gasteiger partial charge is 0.243 e. The summed E-state index contributed by atoms with van der Waals surface area (Å²) in [6.07, 6.45) is 1.34. The molecule has 1 saturated heterocycles. The molecule has 10 heteroatoms. The lowest BCUT2D eigenvalue weighted by atomic mass is 9.85. The average molecular weight is 507 g/mol. The summed E-state index contributed by atoms with van der Waals surface area (Å²) >= 11 is 0. The van der Waals surface area contributed by atoms with E-state index >= 15 is 0 Å². The summed E-state index contributed by atoms with van der Waals surface area (Å²) in [5, 5.41) is 7.14. The van der Waals surface area contributed by atoms with Gasteiger partial charge in [0.15, 0.2) is 11.5 Å². The van der Waals surface area contributed by atoms with Crippen molar-refractivity contribution in [1.82, 2.24) is 14.9 Å². The fourth-order valence-corrected chi connectivity index (χ4v) is 6.23. The predicted octanol–water partition coefficient (Wildman–Crippen LogP) is 2.77. The molecule has 0 amide bonds. The first-order chi connectivity index (χ1) is 15.9. The van der Waals surface area contributed by atoms with Crippen molar-refractivity contribution in [3.63, 3.8) is 0 Å². The highest BCUT2D eigenvalue weighted by Crippen LogP contribution is 2.33. The number of rotatable bonds is 4. The SMILES string of the molecule is Cc1ccc(S(=O)(=O)N2CCC3(CC2)NCCN=C3NCc2ccc3c(c2)OCO3)cc1C.Cl. The van der Waals surface area contributed by atoms with Gasteiger partial charge in [-0.25, -0.2) is 8.42 Å². The van der Waals surface area contributed by atoms with Gasteiger partial charge in [0.2, 0.25) is 16.8 Å². The minimum absolute atomic E-state index is 0. The van der Waals surface area contributed by atoms with Crippen molar-refractivity contribution in [2.75, 3.05) is 33.0 Å². The number of halogens is 1. The summed E-state index contributed by atoms with van der Waals surface area (Å²) in [4.78, 5) is 5.15. The van der Waals surface area contributed by atoms with Crippen molar-refractivity contribution in [2.24, 2.45) is 4.99 Å². The number of benzene rings is 2. The van der Waals surface area contributed by atoms with E-state index < -0.39 is 10.0 Å². The summed E-state index contributed by atoms with van der Waals surface area (Å²) in [6, 6.07) is 11.3. The number of sulfonamides is 1. The lowest BCUT2D eigenvalue weighted by molar-refractivity contribution is 0.174. The maximum absolute atomic E-state index is 13.2. The van der Waals surface area contributed by atoms with Crippen LogP contribution in [0.25, 0.3) is 0 Å². The number of ether oxygens (including phenoxy) is 2. The second kappa shape index (κ2) is 9.73. The van der Waals surface area contributed by atoms with Gasteiger partial charge in [-0.05, 0) is 67.6 Å². The van der Waals surface area contributed by atoms with E-state index in [1.54, 1.807) is 16.4 Å². The quantitative estimate of drug-likeness (QED) is 0.662. The van der Waals surface area contributed by atoms with E-state index in [1.807, 2.05) is 38.1 Å². The van der Waals surface area contributed by atoms with Gasteiger partial charge in [-0.3, -0.25) is 4.99 Å². The second-order valence-corrected chi connectivity index (χ2v) is 10.9. The summed E-state index contributed by atoms with van der Waals surface area (Å²) in [5.74, 6) is 2.44. The van der Waals surface area contributed by atoms with Crippen LogP contribution in [0.4, 0.5) is 0 Å². The fourth-order valence-electron chi connectivity index (χ4n) is 4.71. The van der Waals surface area contributed by atoms with E-state index in [0.717, 1.165) is 40.6 Å². The van der Waals surface area contributed by atoms with Gasteiger partial charge in [0, 0.05) is 26.2 Å². The van der Waals surface area contributed by atoms with Gasteiger partial charge in [-0.1, -0.05) is 12.1 Å². The number of amidine groups is 1. The molecule has 5 rings (SSSR count). The van der Waals surface area contributed by atoms with E-state index in [-0.39, 0.29) is 24.7 Å². The number of hydrogen-bond donors (Lipinski definition) is 2. The van der Waals surface area contributed by atoms with Crippen LogP contribution >= 0.6 is 12.4 Å². The molecule has 2 aromatic carbocycles. The Morgan fingerprint density at radius 2 is 1.82 bits per heavy atom. The third-order valence-electron chi connectivity index (χ3n) is 6.89. The molecule has 0 atom stereocenters. The molecule has 1 fully saturated rings. The molecular weight excluding hydrogens is 476 g/mol. The van der Waals surface area contributed by atoms with E-state index in [9.17, 15) is 8.42 Å². The second-order valence-electron chi connectivity index (χ2n) is 8.93. The Bertz CT molecular complexity index is 1190. The largest absolute Gasteiger partial charge is 0.454 e. The molecule has 2 N–H and O–H groups in total. The Morgan fingerprint density at radius 3 is 2.59 bits per heavy atom. The van der Waals surface area contributed by atoms with E-state index in [0.29, 0.717) is 43.9 Å². The lowest BCUT2D eigenvalue weighted by Crippen LogP contribution is -2.64. The number of fused-ring (bicyclic) bond motifs is 1. The maximum atomic E-state index is 13.2. The van der Waals surface area contributed by atoms with Crippen LogP contribution in [0.2, 0.25) is 0 Å². The lowest BCUT2D eigenvalue weighted by Gasteiger charge is -2.44. The number of aryl methyl sites for hydroxylation is 2. The van der Waals surface area contributed by atoms with E-state index in [2.05, 4.69) is 10.6 Å². The number of piperidine rings is 1. The summed E-state index contributed by atoms with van der Waals surface area (Å²) in [7, 11) is -3.52.